The highest BCUT2D eigenvalue weighted by Gasteiger charge is 2.14. The smallest absolute Gasteiger partial charge is 0.332 e. The van der Waals surface area contributed by atoms with Gasteiger partial charge < -0.3 is 20.1 Å². The van der Waals surface area contributed by atoms with Crippen molar-refractivity contribution in [3.8, 4) is 11.5 Å². The first-order chi connectivity index (χ1) is 10.8. The number of carbonyl (C=O) groups is 2. The summed E-state index contributed by atoms with van der Waals surface area (Å²) in [6.45, 7) is 2.14. The molecule has 9 heteroatoms. The number of amides is 3. The van der Waals surface area contributed by atoms with E-state index in [2.05, 4.69) is 26.5 Å². The Bertz CT molecular complexity index is 605. The van der Waals surface area contributed by atoms with Gasteiger partial charge in [-0.05, 0) is 40.5 Å². The summed E-state index contributed by atoms with van der Waals surface area (Å²) in [4.78, 5) is 23.7. The molecular weight excluding hydrogens is 368 g/mol. The number of hydrogen-bond donors (Lipinski definition) is 2. The molecule has 23 heavy (non-hydrogen) atoms. The molecule has 0 saturated heterocycles. The van der Waals surface area contributed by atoms with E-state index in [0.29, 0.717) is 28.1 Å². The summed E-state index contributed by atoms with van der Waals surface area (Å²) in [5.74, 6) is 0.701. The van der Waals surface area contributed by atoms with Gasteiger partial charge in [-0.2, -0.15) is 5.10 Å². The van der Waals surface area contributed by atoms with Crippen molar-refractivity contribution < 1.29 is 19.1 Å². The van der Waals surface area contributed by atoms with E-state index in [9.17, 15) is 9.59 Å². The molecule has 8 nitrogen and oxygen atoms in total. The fraction of sp³-hybridized carbons (Fsp3) is 0.357. The highest BCUT2D eigenvalue weighted by atomic mass is 79.9. The van der Waals surface area contributed by atoms with Gasteiger partial charge in [0.05, 0.1) is 17.3 Å². The van der Waals surface area contributed by atoms with E-state index in [1.165, 1.54) is 11.1 Å². The topological polar surface area (TPSA) is 106 Å². The molecule has 1 aromatic rings. The number of hydrogen-bond acceptors (Lipinski definition) is 5. The Morgan fingerprint density at radius 3 is 2.65 bits per heavy atom. The van der Waals surface area contributed by atoms with Gasteiger partial charge in [-0.3, -0.25) is 4.79 Å². The molecule has 0 heterocycles. The second kappa shape index (κ2) is 8.99. The van der Waals surface area contributed by atoms with Gasteiger partial charge >= 0.3 is 6.03 Å². The average Bonchev–Trinajstić information content (AvgIpc) is 2.45. The molecule has 126 valence electrons. The number of rotatable bonds is 7. The molecule has 0 saturated carbocycles. The van der Waals surface area contributed by atoms with E-state index >= 15 is 0 Å². The van der Waals surface area contributed by atoms with Crippen molar-refractivity contribution in [3.05, 3.63) is 22.2 Å². The summed E-state index contributed by atoms with van der Waals surface area (Å²) in [6, 6.07) is 2.63. The summed E-state index contributed by atoms with van der Waals surface area (Å²) in [5, 5.41) is 3.68. The largest absolute Gasteiger partial charge is 0.490 e. The molecule has 0 fully saturated rings. The number of halogens is 1. The minimum absolute atomic E-state index is 0.109. The van der Waals surface area contributed by atoms with Crippen LogP contribution in [0, 0.1) is 0 Å². The van der Waals surface area contributed by atoms with Crippen molar-refractivity contribution in [1.29, 1.82) is 0 Å². The first-order valence-electron chi connectivity index (χ1n) is 6.73. The molecule has 0 aliphatic rings. The van der Waals surface area contributed by atoms with E-state index in [0.717, 1.165) is 0 Å². The van der Waals surface area contributed by atoms with Crippen molar-refractivity contribution in [2.45, 2.75) is 6.92 Å². The highest BCUT2D eigenvalue weighted by molar-refractivity contribution is 9.10. The van der Waals surface area contributed by atoms with Crippen LogP contribution in [-0.2, 0) is 4.79 Å². The molecule has 0 bridgehead atoms. The number of primary amides is 1. The van der Waals surface area contributed by atoms with E-state index in [1.54, 1.807) is 26.2 Å². The van der Waals surface area contributed by atoms with E-state index in [1.807, 2.05) is 6.92 Å². The van der Waals surface area contributed by atoms with Gasteiger partial charge in [0, 0.05) is 14.1 Å². The molecule has 0 unspecified atom stereocenters. The molecule has 0 aliphatic heterocycles. The average molecular weight is 387 g/mol. The third-order valence-corrected chi connectivity index (χ3v) is 3.15. The Hall–Kier alpha value is -2.29. The van der Waals surface area contributed by atoms with Gasteiger partial charge in [-0.25, -0.2) is 10.2 Å². The standard InChI is InChI=1S/C14H19BrN4O4/c1-4-22-11-6-9(7-17-18-14(16)21)5-10(15)13(11)23-8-12(20)19(2)3/h5-7H,4,8H2,1-3H3,(H3,16,18,21)/b17-7+. The number of carbonyl (C=O) groups excluding carboxylic acids is 2. The molecule has 0 aromatic heterocycles. The predicted molar refractivity (Wildman–Crippen MR) is 89.8 cm³/mol. The zero-order valence-corrected chi connectivity index (χ0v) is 14.7. The second-order valence-electron chi connectivity index (χ2n) is 4.57. The Balaban J connectivity index is 2.99. The first kappa shape index (κ1) is 18.8. The quantitative estimate of drug-likeness (QED) is 0.544. The van der Waals surface area contributed by atoms with Crippen LogP contribution in [0.15, 0.2) is 21.7 Å². The van der Waals surface area contributed by atoms with Crippen molar-refractivity contribution in [1.82, 2.24) is 10.3 Å². The lowest BCUT2D eigenvalue weighted by Crippen LogP contribution is -2.27. The zero-order chi connectivity index (χ0) is 17.4. The lowest BCUT2D eigenvalue weighted by atomic mass is 10.2. The van der Waals surface area contributed by atoms with E-state index in [-0.39, 0.29) is 12.5 Å². The number of urea groups is 1. The minimum Gasteiger partial charge on any atom is -0.490 e. The van der Waals surface area contributed by atoms with Gasteiger partial charge in [-0.15, -0.1) is 0 Å². The summed E-state index contributed by atoms with van der Waals surface area (Å²) in [5.41, 5.74) is 7.68. The number of ether oxygens (including phenoxy) is 2. The van der Waals surface area contributed by atoms with E-state index < -0.39 is 6.03 Å². The number of nitrogens with one attached hydrogen (secondary N) is 1. The summed E-state index contributed by atoms with van der Waals surface area (Å²) >= 11 is 3.37. The van der Waals surface area contributed by atoms with Crippen molar-refractivity contribution in [2.24, 2.45) is 10.8 Å². The van der Waals surface area contributed by atoms with Gasteiger partial charge in [0.15, 0.2) is 18.1 Å². The van der Waals surface area contributed by atoms with Crippen LogP contribution >= 0.6 is 15.9 Å². The Kier molecular flexibility index (Phi) is 7.33. The summed E-state index contributed by atoms with van der Waals surface area (Å²) in [7, 11) is 3.30. The number of benzene rings is 1. The minimum atomic E-state index is -0.757. The van der Waals surface area contributed by atoms with Crippen LogP contribution in [0.2, 0.25) is 0 Å². The second-order valence-corrected chi connectivity index (χ2v) is 5.43. The fourth-order valence-electron chi connectivity index (χ4n) is 1.50. The van der Waals surface area contributed by atoms with Crippen LogP contribution in [0.5, 0.6) is 11.5 Å². The van der Waals surface area contributed by atoms with Crippen molar-refractivity contribution in [3.63, 3.8) is 0 Å². The maximum atomic E-state index is 11.6. The first-order valence-corrected chi connectivity index (χ1v) is 7.52. The lowest BCUT2D eigenvalue weighted by molar-refractivity contribution is -0.130. The Morgan fingerprint density at radius 1 is 1.39 bits per heavy atom. The van der Waals surface area contributed by atoms with E-state index in [4.69, 9.17) is 15.2 Å². The molecule has 3 N–H and O–H groups in total. The highest BCUT2D eigenvalue weighted by Crippen LogP contribution is 2.36. The van der Waals surface area contributed by atoms with Crippen molar-refractivity contribution in [2.75, 3.05) is 27.3 Å². The van der Waals surface area contributed by atoms with Crippen LogP contribution in [0.4, 0.5) is 4.79 Å². The summed E-state index contributed by atoms with van der Waals surface area (Å²) < 4.78 is 11.7. The molecular formula is C14H19BrN4O4. The summed E-state index contributed by atoms with van der Waals surface area (Å²) in [6.07, 6.45) is 1.41. The van der Waals surface area contributed by atoms with Gasteiger partial charge in [0.1, 0.15) is 0 Å². The van der Waals surface area contributed by atoms with Crippen molar-refractivity contribution >= 4 is 34.1 Å². The van der Waals surface area contributed by atoms with Crippen LogP contribution in [0.1, 0.15) is 12.5 Å². The SMILES string of the molecule is CCOc1cc(/C=N/NC(N)=O)cc(Br)c1OCC(=O)N(C)C. The van der Waals surface area contributed by atoms with Crippen LogP contribution in [-0.4, -0.2) is 50.4 Å². The predicted octanol–water partition coefficient (Wildman–Crippen LogP) is 1.32. The third-order valence-electron chi connectivity index (χ3n) is 2.56. The molecule has 0 aliphatic carbocycles. The van der Waals surface area contributed by atoms with Gasteiger partial charge in [-0.1, -0.05) is 0 Å². The maximum Gasteiger partial charge on any atom is 0.332 e. The van der Waals surface area contributed by atoms with Crippen LogP contribution in [0.3, 0.4) is 0 Å². The third kappa shape index (κ3) is 6.15. The van der Waals surface area contributed by atoms with Crippen LogP contribution < -0.4 is 20.6 Å². The monoisotopic (exact) mass is 386 g/mol. The molecule has 0 spiro atoms. The zero-order valence-electron chi connectivity index (χ0n) is 13.1. The number of hydrazone groups is 1. The normalized spacial score (nSPS) is 10.4. The fourth-order valence-corrected chi connectivity index (χ4v) is 2.07. The van der Waals surface area contributed by atoms with Gasteiger partial charge in [0.25, 0.3) is 5.91 Å². The van der Waals surface area contributed by atoms with Crippen LogP contribution in [0.25, 0.3) is 0 Å². The Morgan fingerprint density at radius 2 is 2.09 bits per heavy atom. The Labute approximate surface area is 142 Å². The molecule has 3 amide bonds. The van der Waals surface area contributed by atoms with Gasteiger partial charge in [0.2, 0.25) is 0 Å². The number of nitrogens with zero attached hydrogens (tertiary/aromatic N) is 2. The molecule has 1 aromatic carbocycles. The number of likely N-dealkylation sites (N-methyl/N-ethyl adjacent to an activating group) is 1. The molecule has 1 rings (SSSR count). The maximum absolute atomic E-state index is 11.6. The lowest BCUT2D eigenvalue weighted by Gasteiger charge is -2.16. The molecule has 0 radical (unpaired) electrons. The molecule has 0 atom stereocenters. The number of nitrogens with two attached hydrogens (primary N) is 1.